The number of benzene rings is 1. The van der Waals surface area contributed by atoms with Crippen LogP contribution in [0.1, 0.15) is 41.9 Å². The molecule has 0 spiro atoms. The third-order valence-corrected chi connectivity index (χ3v) is 5.23. The number of hydrogen-bond donors (Lipinski definition) is 1. The van der Waals surface area contributed by atoms with Gasteiger partial charge in [0.2, 0.25) is 5.65 Å². The number of nitrogens with one attached hydrogen (secondary N) is 1. The third-order valence-electron chi connectivity index (χ3n) is 5.23. The second kappa shape index (κ2) is 6.02. The lowest BCUT2D eigenvalue weighted by molar-refractivity contribution is 0.0950. The maximum atomic E-state index is 12.5. The quantitative estimate of drug-likeness (QED) is 0.780. The molecule has 1 aliphatic carbocycles. The summed E-state index contributed by atoms with van der Waals surface area (Å²) in [7, 11) is 0. The molecule has 7 heteroatoms. The monoisotopic (exact) mass is 351 g/mol. The predicted octanol–water partition coefficient (Wildman–Crippen LogP) is 2.36. The van der Waals surface area contributed by atoms with E-state index in [-0.39, 0.29) is 12.0 Å². The Hall–Kier alpha value is -2.54. The zero-order valence-corrected chi connectivity index (χ0v) is 14.7. The summed E-state index contributed by atoms with van der Waals surface area (Å²) in [6.45, 7) is 3.55. The van der Waals surface area contributed by atoms with Crippen molar-refractivity contribution in [3.8, 4) is 0 Å². The summed E-state index contributed by atoms with van der Waals surface area (Å²) < 4.78 is 7.96. The number of carbonyl (C=O) groups is 1. The van der Waals surface area contributed by atoms with E-state index in [1.807, 2.05) is 25.1 Å². The molecule has 1 saturated heterocycles. The number of aryl methyl sites for hydroxylation is 1. The van der Waals surface area contributed by atoms with E-state index in [1.165, 1.54) is 0 Å². The summed E-state index contributed by atoms with van der Waals surface area (Å²) in [6, 6.07) is 5.93. The normalized spacial score (nSPS) is 20.1. The predicted molar refractivity (Wildman–Crippen MR) is 97.0 cm³/mol. The van der Waals surface area contributed by atoms with Gasteiger partial charge in [0.1, 0.15) is 5.82 Å². The maximum Gasteiger partial charge on any atom is 0.251 e. The van der Waals surface area contributed by atoms with Crippen molar-refractivity contribution in [1.29, 1.82) is 0 Å². The first-order valence-corrected chi connectivity index (χ1v) is 9.25. The van der Waals surface area contributed by atoms with Crippen molar-refractivity contribution in [2.45, 2.75) is 51.3 Å². The molecule has 2 fully saturated rings. The van der Waals surface area contributed by atoms with E-state index in [0.717, 1.165) is 61.1 Å². The van der Waals surface area contributed by atoms with E-state index >= 15 is 0 Å². The van der Waals surface area contributed by atoms with Crippen LogP contribution in [0.15, 0.2) is 18.2 Å². The third kappa shape index (κ3) is 2.72. The zero-order valence-electron chi connectivity index (χ0n) is 14.7. The van der Waals surface area contributed by atoms with Crippen LogP contribution < -0.4 is 5.32 Å². The molecule has 134 valence electrons. The Morgan fingerprint density at radius 1 is 1.31 bits per heavy atom. The molecule has 3 aromatic rings. The molecule has 3 heterocycles. The highest BCUT2D eigenvalue weighted by molar-refractivity contribution is 6.05. The number of carbonyl (C=O) groups excluding carboxylic acids is 1. The molecule has 1 aromatic carbocycles. The number of rotatable bonds is 4. The minimum absolute atomic E-state index is 0.0266. The highest BCUT2D eigenvalue weighted by Crippen LogP contribution is 2.27. The van der Waals surface area contributed by atoms with Crippen molar-refractivity contribution in [2.75, 3.05) is 6.61 Å². The second-order valence-electron chi connectivity index (χ2n) is 7.26. The number of fused-ring (bicyclic) bond motifs is 3. The number of aromatic nitrogens is 4. The molecule has 5 rings (SSSR count). The standard InChI is InChI=1S/C19H21N5O2/c1-11-20-18-17(24(11)10-14-3-2-8-26-14)15-9-12(4-7-16(15)22-23-18)19(25)21-13-5-6-13/h4,7,9,13-14H,2-3,5-6,8,10H2,1H3,(H,21,25). The van der Waals surface area contributed by atoms with Gasteiger partial charge in [-0.25, -0.2) is 4.98 Å². The Bertz CT molecular complexity index is 1000. The summed E-state index contributed by atoms with van der Waals surface area (Å²) >= 11 is 0. The molecule has 2 aliphatic rings. The van der Waals surface area contributed by atoms with Gasteiger partial charge in [0.05, 0.1) is 23.7 Å². The molecule has 1 N–H and O–H groups in total. The summed E-state index contributed by atoms with van der Waals surface area (Å²) in [5, 5.41) is 12.5. The highest BCUT2D eigenvalue weighted by atomic mass is 16.5. The smallest absolute Gasteiger partial charge is 0.251 e. The topological polar surface area (TPSA) is 81.9 Å². The van der Waals surface area contributed by atoms with Crippen LogP contribution in [0.5, 0.6) is 0 Å². The minimum Gasteiger partial charge on any atom is -0.376 e. The van der Waals surface area contributed by atoms with Crippen LogP contribution in [0.25, 0.3) is 22.1 Å². The number of nitrogens with zero attached hydrogens (tertiary/aromatic N) is 4. The molecule has 7 nitrogen and oxygen atoms in total. The first-order chi connectivity index (χ1) is 12.7. The van der Waals surface area contributed by atoms with Crippen LogP contribution in [0.2, 0.25) is 0 Å². The van der Waals surface area contributed by atoms with Gasteiger partial charge in [0.15, 0.2) is 0 Å². The molecule has 0 radical (unpaired) electrons. The maximum absolute atomic E-state index is 12.5. The lowest BCUT2D eigenvalue weighted by atomic mass is 10.1. The number of imidazole rings is 1. The second-order valence-corrected chi connectivity index (χ2v) is 7.26. The van der Waals surface area contributed by atoms with Gasteiger partial charge >= 0.3 is 0 Å². The molecule has 2 aromatic heterocycles. The van der Waals surface area contributed by atoms with Crippen LogP contribution in [0, 0.1) is 6.92 Å². The number of amides is 1. The zero-order chi connectivity index (χ0) is 17.7. The van der Waals surface area contributed by atoms with Crippen molar-refractivity contribution in [2.24, 2.45) is 0 Å². The lowest BCUT2D eigenvalue weighted by Gasteiger charge is -2.13. The van der Waals surface area contributed by atoms with Crippen molar-refractivity contribution >= 4 is 28.0 Å². The van der Waals surface area contributed by atoms with E-state index in [0.29, 0.717) is 17.3 Å². The van der Waals surface area contributed by atoms with E-state index in [2.05, 4.69) is 25.1 Å². The van der Waals surface area contributed by atoms with Crippen LogP contribution in [-0.2, 0) is 11.3 Å². The van der Waals surface area contributed by atoms with Gasteiger partial charge in [-0.05, 0) is 50.8 Å². The van der Waals surface area contributed by atoms with Gasteiger partial charge < -0.3 is 14.6 Å². The summed E-state index contributed by atoms with van der Waals surface area (Å²) in [4.78, 5) is 17.0. The fourth-order valence-corrected chi connectivity index (χ4v) is 3.65. The molecule has 1 unspecified atom stereocenters. The van der Waals surface area contributed by atoms with Gasteiger partial charge in [0.25, 0.3) is 5.91 Å². The Labute approximate surface area is 150 Å². The molecule has 1 saturated carbocycles. The molecule has 1 aliphatic heterocycles. The molecular weight excluding hydrogens is 330 g/mol. The average Bonchev–Trinajstić information content (AvgIpc) is 3.19. The summed E-state index contributed by atoms with van der Waals surface area (Å²) in [5.41, 5.74) is 2.98. The van der Waals surface area contributed by atoms with Gasteiger partial charge in [0, 0.05) is 23.6 Å². The first kappa shape index (κ1) is 15.7. The summed E-state index contributed by atoms with van der Waals surface area (Å²) in [5.74, 6) is 0.867. The Morgan fingerprint density at radius 3 is 2.96 bits per heavy atom. The molecule has 26 heavy (non-hydrogen) atoms. The van der Waals surface area contributed by atoms with Gasteiger partial charge in [-0.1, -0.05) is 0 Å². The average molecular weight is 351 g/mol. The van der Waals surface area contributed by atoms with Crippen molar-refractivity contribution < 1.29 is 9.53 Å². The van der Waals surface area contributed by atoms with E-state index in [9.17, 15) is 4.79 Å². The molecule has 1 atom stereocenters. The van der Waals surface area contributed by atoms with Crippen LogP contribution in [-0.4, -0.2) is 44.4 Å². The molecule has 1 amide bonds. The Kier molecular flexibility index (Phi) is 3.63. The van der Waals surface area contributed by atoms with Crippen LogP contribution in [0.4, 0.5) is 0 Å². The van der Waals surface area contributed by atoms with Crippen molar-refractivity contribution in [3.05, 3.63) is 29.6 Å². The van der Waals surface area contributed by atoms with Crippen molar-refractivity contribution in [3.63, 3.8) is 0 Å². The minimum atomic E-state index is -0.0266. The van der Waals surface area contributed by atoms with Gasteiger partial charge in [-0.2, -0.15) is 0 Å². The Morgan fingerprint density at radius 2 is 2.19 bits per heavy atom. The molecular formula is C19H21N5O2. The first-order valence-electron chi connectivity index (χ1n) is 9.25. The van der Waals surface area contributed by atoms with Gasteiger partial charge in [-0.3, -0.25) is 4.79 Å². The summed E-state index contributed by atoms with van der Waals surface area (Å²) in [6.07, 6.45) is 4.51. The van der Waals surface area contributed by atoms with Crippen molar-refractivity contribution in [1.82, 2.24) is 25.1 Å². The van der Waals surface area contributed by atoms with E-state index < -0.39 is 0 Å². The highest BCUT2D eigenvalue weighted by Gasteiger charge is 2.25. The fourth-order valence-electron chi connectivity index (χ4n) is 3.65. The fraction of sp³-hybridized carbons (Fsp3) is 0.474. The van der Waals surface area contributed by atoms with E-state index in [1.54, 1.807) is 0 Å². The van der Waals surface area contributed by atoms with Crippen LogP contribution >= 0.6 is 0 Å². The SMILES string of the molecule is Cc1nc2nnc3ccc(C(=O)NC4CC4)cc3c2n1CC1CCCO1. The number of hydrogen-bond acceptors (Lipinski definition) is 5. The number of ether oxygens (including phenoxy) is 1. The van der Waals surface area contributed by atoms with E-state index in [4.69, 9.17) is 4.74 Å². The Balaban J connectivity index is 1.62. The lowest BCUT2D eigenvalue weighted by Crippen LogP contribution is -2.25. The largest absolute Gasteiger partial charge is 0.376 e. The molecule has 0 bridgehead atoms. The van der Waals surface area contributed by atoms with Crippen LogP contribution in [0.3, 0.4) is 0 Å². The van der Waals surface area contributed by atoms with Gasteiger partial charge in [-0.15, -0.1) is 10.2 Å².